The Labute approximate surface area is 180 Å². The van der Waals surface area contributed by atoms with Crippen molar-refractivity contribution in [1.29, 1.82) is 0 Å². The second-order valence-electron chi connectivity index (χ2n) is 9.34. The van der Waals surface area contributed by atoms with Gasteiger partial charge in [0.2, 0.25) is 11.1 Å². The van der Waals surface area contributed by atoms with Crippen molar-refractivity contribution in [2.24, 2.45) is 7.05 Å². The third-order valence-electron chi connectivity index (χ3n) is 6.63. The average Bonchev–Trinajstić information content (AvgIpc) is 3.09. The van der Waals surface area contributed by atoms with Gasteiger partial charge in [-0.15, -0.1) is 0 Å². The summed E-state index contributed by atoms with van der Waals surface area (Å²) in [6, 6.07) is 13.3. The van der Waals surface area contributed by atoms with Crippen LogP contribution in [0.2, 0.25) is 0 Å². The number of fused-ring (bicyclic) bond motifs is 5. The maximum Gasteiger partial charge on any atom is 0.231 e. The lowest BCUT2D eigenvalue weighted by Crippen LogP contribution is -2.29. The van der Waals surface area contributed by atoms with E-state index in [1.807, 2.05) is 26.2 Å². The van der Waals surface area contributed by atoms with Gasteiger partial charge in [0.25, 0.3) is 0 Å². The van der Waals surface area contributed by atoms with Crippen LogP contribution in [0, 0.1) is 13.5 Å². The zero-order chi connectivity index (χ0) is 21.5. The van der Waals surface area contributed by atoms with Crippen molar-refractivity contribution >= 4 is 49.0 Å². The van der Waals surface area contributed by atoms with Gasteiger partial charge in [-0.25, -0.2) is 11.1 Å². The minimum absolute atomic E-state index is 0.429. The molecule has 0 spiro atoms. The summed E-state index contributed by atoms with van der Waals surface area (Å²) in [4.78, 5) is 8.31. The van der Waals surface area contributed by atoms with Crippen molar-refractivity contribution in [3.63, 3.8) is 0 Å². The van der Waals surface area contributed by atoms with Crippen LogP contribution in [-0.4, -0.2) is 14.9 Å². The largest absolute Gasteiger partial charge is 0.311 e. The highest BCUT2D eigenvalue weighted by atomic mass is 15.0. The second kappa shape index (κ2) is 5.92. The summed E-state index contributed by atoms with van der Waals surface area (Å²) in [6.07, 6.45) is 6.73. The molecule has 150 valence electrons. The van der Waals surface area contributed by atoms with Crippen molar-refractivity contribution < 1.29 is 4.57 Å². The van der Waals surface area contributed by atoms with Gasteiger partial charge in [-0.1, -0.05) is 18.2 Å². The summed E-state index contributed by atoms with van der Waals surface area (Å²) in [6.45, 7) is 13.8. The number of aryl methyl sites for hydroxylation is 2. The van der Waals surface area contributed by atoms with E-state index < -0.39 is 5.54 Å². The molecule has 4 heterocycles. The first-order valence-electron chi connectivity index (χ1n) is 10.6. The van der Waals surface area contributed by atoms with E-state index in [0.717, 1.165) is 11.9 Å². The summed E-state index contributed by atoms with van der Waals surface area (Å²) in [5, 5.41) is 6.26. The maximum atomic E-state index is 7.59. The van der Waals surface area contributed by atoms with Crippen LogP contribution in [0.5, 0.6) is 0 Å². The Morgan fingerprint density at radius 1 is 1.06 bits per heavy atom. The molecule has 0 aliphatic heterocycles. The summed E-state index contributed by atoms with van der Waals surface area (Å²) >= 11 is 0. The molecule has 0 amide bonds. The molecule has 0 unspecified atom stereocenters. The van der Waals surface area contributed by atoms with Crippen LogP contribution >= 0.6 is 0 Å². The van der Waals surface area contributed by atoms with Gasteiger partial charge in [-0.2, -0.15) is 0 Å². The number of benzene rings is 2. The van der Waals surface area contributed by atoms with Crippen molar-refractivity contribution in [3.8, 4) is 0 Å². The molecule has 0 saturated heterocycles. The Bertz CT molecular complexity index is 1710. The molecule has 4 heteroatoms. The van der Waals surface area contributed by atoms with Crippen molar-refractivity contribution in [1.82, 2.24) is 9.38 Å². The molecule has 0 aliphatic rings. The lowest BCUT2D eigenvalue weighted by atomic mass is 9.92. The molecule has 0 aliphatic carbocycles. The van der Waals surface area contributed by atoms with Crippen molar-refractivity contribution in [2.45, 2.75) is 32.7 Å². The van der Waals surface area contributed by atoms with Gasteiger partial charge in [-0.3, -0.25) is 4.98 Å². The van der Waals surface area contributed by atoms with Gasteiger partial charge in [0.1, 0.15) is 7.05 Å². The Morgan fingerprint density at radius 2 is 1.90 bits per heavy atom. The normalized spacial score (nSPS) is 12.6. The Balaban J connectivity index is 1.94. The highest BCUT2D eigenvalue weighted by Gasteiger charge is 2.27. The van der Waals surface area contributed by atoms with Crippen LogP contribution in [0.15, 0.2) is 55.0 Å². The van der Waals surface area contributed by atoms with E-state index in [1.54, 1.807) is 0 Å². The Morgan fingerprint density at radius 3 is 2.71 bits per heavy atom. The predicted molar refractivity (Wildman–Crippen MR) is 127 cm³/mol. The molecular formula is C27H23N4+. The zero-order valence-electron chi connectivity index (χ0n) is 18.2. The molecule has 0 N–H and O–H groups in total. The van der Waals surface area contributed by atoms with Gasteiger partial charge < -0.3 is 9.25 Å². The molecule has 0 atom stereocenters. The first kappa shape index (κ1) is 18.1. The lowest BCUT2D eigenvalue weighted by molar-refractivity contribution is -0.643. The molecule has 2 aromatic carbocycles. The van der Waals surface area contributed by atoms with Crippen LogP contribution in [0.3, 0.4) is 0 Å². The van der Waals surface area contributed by atoms with Gasteiger partial charge in [0, 0.05) is 36.9 Å². The molecule has 31 heavy (non-hydrogen) atoms. The first-order valence-corrected chi connectivity index (χ1v) is 10.6. The van der Waals surface area contributed by atoms with E-state index in [9.17, 15) is 0 Å². The summed E-state index contributed by atoms with van der Waals surface area (Å²) in [7, 11) is 2.13. The predicted octanol–water partition coefficient (Wildman–Crippen LogP) is 5.76. The number of rotatable bonds is 2. The minimum Gasteiger partial charge on any atom is -0.311 e. The average molecular weight is 404 g/mol. The topological polar surface area (TPSA) is 25.5 Å². The van der Waals surface area contributed by atoms with E-state index in [2.05, 4.69) is 75.4 Å². The molecule has 0 saturated carbocycles. The molecule has 0 bridgehead atoms. The number of nitrogens with zero attached hydrogens (tertiary/aromatic N) is 4. The highest BCUT2D eigenvalue weighted by Crippen LogP contribution is 2.40. The van der Waals surface area contributed by atoms with Crippen LogP contribution in [0.25, 0.3) is 53.8 Å². The molecule has 0 fully saturated rings. The van der Waals surface area contributed by atoms with Gasteiger partial charge >= 0.3 is 0 Å². The standard InChI is InChI=1S/C27H23N4/c1-16-6-7-20-19-8-10-29-15-22(19)31-21-13-17(14-27(2,3)28-4)12-18-9-11-30(5)26(24(18)21)23(16)25(20)31/h6-13,15H,14H2,1-3,5H3/q+1. The van der Waals surface area contributed by atoms with Gasteiger partial charge in [-0.05, 0) is 35.6 Å². The van der Waals surface area contributed by atoms with E-state index in [1.165, 1.54) is 54.6 Å². The summed E-state index contributed by atoms with van der Waals surface area (Å²) < 4.78 is 4.64. The molecule has 4 nitrogen and oxygen atoms in total. The van der Waals surface area contributed by atoms with E-state index in [4.69, 9.17) is 6.57 Å². The quantitative estimate of drug-likeness (QED) is 0.156. The number of aromatic nitrogens is 3. The fourth-order valence-electron chi connectivity index (χ4n) is 5.26. The number of pyridine rings is 3. The van der Waals surface area contributed by atoms with Gasteiger partial charge in [0.05, 0.1) is 39.9 Å². The third kappa shape index (κ3) is 2.35. The zero-order valence-corrected chi connectivity index (χ0v) is 18.2. The number of hydrogen-bond acceptors (Lipinski definition) is 1. The second-order valence-corrected chi connectivity index (χ2v) is 9.34. The summed E-state index contributed by atoms with van der Waals surface area (Å²) in [5.41, 5.74) is 6.86. The van der Waals surface area contributed by atoms with Crippen LogP contribution in [0.1, 0.15) is 25.0 Å². The Kier molecular flexibility index (Phi) is 3.46. The first-order chi connectivity index (χ1) is 14.9. The highest BCUT2D eigenvalue weighted by molar-refractivity contribution is 6.25. The molecule has 6 rings (SSSR count). The molecular weight excluding hydrogens is 380 g/mol. The fraction of sp³-hybridized carbons (Fsp3) is 0.222. The van der Waals surface area contributed by atoms with Crippen molar-refractivity contribution in [3.05, 3.63) is 77.5 Å². The van der Waals surface area contributed by atoms with Crippen LogP contribution in [-0.2, 0) is 13.5 Å². The maximum absolute atomic E-state index is 7.59. The summed E-state index contributed by atoms with van der Waals surface area (Å²) in [5.74, 6) is 0. The fourth-order valence-corrected chi connectivity index (χ4v) is 5.26. The SMILES string of the molecule is [C-]#[N+]C(C)(C)Cc1cc2cc[n+](C)c3c4c(C)ccc5c6ccncc6n(c(c1)c23)c54. The van der Waals surface area contributed by atoms with E-state index >= 15 is 0 Å². The van der Waals surface area contributed by atoms with Gasteiger partial charge in [0.15, 0.2) is 6.20 Å². The monoisotopic (exact) mass is 403 g/mol. The number of hydrogen-bond donors (Lipinski definition) is 0. The van der Waals surface area contributed by atoms with Crippen LogP contribution in [0.4, 0.5) is 0 Å². The van der Waals surface area contributed by atoms with Crippen LogP contribution < -0.4 is 4.57 Å². The smallest absolute Gasteiger partial charge is 0.231 e. The third-order valence-corrected chi connectivity index (χ3v) is 6.63. The Hall–Kier alpha value is -3.71. The molecule has 4 aromatic heterocycles. The van der Waals surface area contributed by atoms with E-state index in [0.29, 0.717) is 0 Å². The molecule has 6 aromatic rings. The van der Waals surface area contributed by atoms with Crippen molar-refractivity contribution in [2.75, 3.05) is 0 Å². The molecule has 0 radical (unpaired) electrons. The lowest BCUT2D eigenvalue weighted by Gasteiger charge is -2.16. The van der Waals surface area contributed by atoms with E-state index in [-0.39, 0.29) is 0 Å². The minimum atomic E-state index is -0.429.